The summed E-state index contributed by atoms with van der Waals surface area (Å²) >= 11 is 1.26. The number of thioether (sulfide) groups is 1. The molecule has 9 heteroatoms. The van der Waals surface area contributed by atoms with Crippen molar-refractivity contribution in [3.63, 3.8) is 0 Å². The molecule has 1 saturated heterocycles. The molecule has 0 unspecified atom stereocenters. The van der Waals surface area contributed by atoms with Crippen LogP contribution in [0.25, 0.3) is 16.7 Å². The highest BCUT2D eigenvalue weighted by atomic mass is 32.2. The van der Waals surface area contributed by atoms with E-state index in [1.165, 1.54) is 22.5 Å². The summed E-state index contributed by atoms with van der Waals surface area (Å²) < 4.78 is 6.70. The molecule has 1 N–H and O–H groups in total. The van der Waals surface area contributed by atoms with Gasteiger partial charge in [0.05, 0.1) is 24.7 Å². The van der Waals surface area contributed by atoms with E-state index in [2.05, 4.69) is 15.2 Å². The lowest BCUT2D eigenvalue weighted by Gasteiger charge is -2.16. The second-order valence-electron chi connectivity index (χ2n) is 6.24. The Labute approximate surface area is 159 Å². The lowest BCUT2D eigenvalue weighted by atomic mass is 10.3. The number of hydrogen-bond acceptors (Lipinski definition) is 6. The Balaban J connectivity index is 1.71. The minimum atomic E-state index is -0.227. The van der Waals surface area contributed by atoms with E-state index < -0.39 is 0 Å². The Kier molecular flexibility index (Phi) is 4.85. The maximum absolute atomic E-state index is 13.0. The Bertz CT molecular complexity index is 1020. The van der Waals surface area contributed by atoms with Gasteiger partial charge in [-0.3, -0.25) is 19.3 Å². The standard InChI is InChI=1S/C18H19N5O3S/c1-26-13-6-4-12(5-7-13)23-17(25)14-10-19-21-16(14)20-18(23)27-11-15(24)22-8-2-3-9-22/h4-7,10H,2-3,8-9,11H2,1H3,(H,19,21). The first-order chi connectivity index (χ1) is 13.2. The lowest BCUT2D eigenvalue weighted by Crippen LogP contribution is -2.29. The number of carbonyl (C=O) groups excluding carboxylic acids is 1. The fraction of sp³-hybridized carbons (Fsp3) is 0.333. The molecule has 1 amide bonds. The van der Waals surface area contributed by atoms with Crippen LogP contribution >= 0.6 is 11.8 Å². The lowest BCUT2D eigenvalue weighted by molar-refractivity contribution is -0.127. The van der Waals surface area contributed by atoms with Crippen LogP contribution in [-0.4, -0.2) is 56.5 Å². The van der Waals surface area contributed by atoms with Gasteiger partial charge in [-0.2, -0.15) is 5.10 Å². The van der Waals surface area contributed by atoms with E-state index in [1.807, 2.05) is 4.90 Å². The third-order valence-electron chi connectivity index (χ3n) is 4.57. The molecule has 0 saturated carbocycles. The number of carbonyl (C=O) groups is 1. The van der Waals surface area contributed by atoms with Crippen LogP contribution in [0.5, 0.6) is 5.75 Å². The van der Waals surface area contributed by atoms with Crippen LogP contribution in [0.4, 0.5) is 0 Å². The highest BCUT2D eigenvalue weighted by molar-refractivity contribution is 7.99. The molecule has 140 valence electrons. The molecule has 8 nitrogen and oxygen atoms in total. The van der Waals surface area contributed by atoms with Crippen molar-refractivity contribution in [2.45, 2.75) is 18.0 Å². The number of aromatic amines is 1. The van der Waals surface area contributed by atoms with Crippen LogP contribution in [0.15, 0.2) is 40.4 Å². The van der Waals surface area contributed by atoms with Crippen molar-refractivity contribution in [3.05, 3.63) is 40.8 Å². The number of nitrogens with one attached hydrogen (secondary N) is 1. The highest BCUT2D eigenvalue weighted by Crippen LogP contribution is 2.23. The van der Waals surface area contributed by atoms with Gasteiger partial charge in [0.1, 0.15) is 11.1 Å². The Hall–Kier alpha value is -2.81. The first kappa shape index (κ1) is 17.6. The molecule has 0 bridgehead atoms. The molecule has 0 spiro atoms. The second kappa shape index (κ2) is 7.43. The number of aromatic nitrogens is 4. The molecular formula is C18H19N5O3S. The van der Waals surface area contributed by atoms with Gasteiger partial charge >= 0.3 is 0 Å². The molecule has 0 radical (unpaired) electrons. The second-order valence-corrected chi connectivity index (χ2v) is 7.18. The van der Waals surface area contributed by atoms with E-state index in [0.29, 0.717) is 27.6 Å². The summed E-state index contributed by atoms with van der Waals surface area (Å²) in [5.41, 5.74) is 0.850. The first-order valence-electron chi connectivity index (χ1n) is 8.68. The Morgan fingerprint density at radius 2 is 2.00 bits per heavy atom. The number of methoxy groups -OCH3 is 1. The summed E-state index contributed by atoms with van der Waals surface area (Å²) in [6.45, 7) is 1.61. The molecule has 3 heterocycles. The molecule has 1 aliphatic rings. The van der Waals surface area contributed by atoms with Crippen molar-refractivity contribution in [1.29, 1.82) is 0 Å². The average Bonchev–Trinajstić information content (AvgIpc) is 3.38. The van der Waals surface area contributed by atoms with Crippen molar-refractivity contribution in [3.8, 4) is 11.4 Å². The topological polar surface area (TPSA) is 93.1 Å². The van der Waals surface area contributed by atoms with Crippen molar-refractivity contribution in [2.75, 3.05) is 26.0 Å². The monoisotopic (exact) mass is 385 g/mol. The third kappa shape index (κ3) is 3.42. The SMILES string of the molecule is COc1ccc(-n2c(SCC(=O)N3CCCC3)nc3[nH]ncc3c2=O)cc1. The van der Waals surface area contributed by atoms with Crippen molar-refractivity contribution in [1.82, 2.24) is 24.6 Å². The molecule has 0 atom stereocenters. The van der Waals surface area contributed by atoms with E-state index >= 15 is 0 Å². The number of likely N-dealkylation sites (tertiary alicyclic amines) is 1. The van der Waals surface area contributed by atoms with Gasteiger partial charge in [0, 0.05) is 13.1 Å². The molecule has 1 aliphatic heterocycles. The largest absolute Gasteiger partial charge is 0.497 e. The summed E-state index contributed by atoms with van der Waals surface area (Å²) in [4.78, 5) is 31.8. The zero-order chi connectivity index (χ0) is 18.8. The normalized spacial score (nSPS) is 14.0. The molecule has 27 heavy (non-hydrogen) atoms. The summed E-state index contributed by atoms with van der Waals surface area (Å²) in [5.74, 6) is 1.00. The zero-order valence-electron chi connectivity index (χ0n) is 14.8. The third-order valence-corrected chi connectivity index (χ3v) is 5.49. The predicted molar refractivity (Wildman–Crippen MR) is 103 cm³/mol. The Morgan fingerprint density at radius 1 is 1.26 bits per heavy atom. The molecular weight excluding hydrogens is 366 g/mol. The van der Waals surface area contributed by atoms with Crippen molar-refractivity contribution >= 4 is 28.7 Å². The van der Waals surface area contributed by atoms with E-state index in [1.54, 1.807) is 31.4 Å². The summed E-state index contributed by atoms with van der Waals surface area (Å²) in [6, 6.07) is 7.15. The fourth-order valence-corrected chi connectivity index (χ4v) is 4.02. The minimum Gasteiger partial charge on any atom is -0.497 e. The first-order valence-corrected chi connectivity index (χ1v) is 9.67. The number of hydrogen-bond donors (Lipinski definition) is 1. The summed E-state index contributed by atoms with van der Waals surface area (Å²) in [6.07, 6.45) is 3.56. The number of nitrogens with zero attached hydrogens (tertiary/aromatic N) is 4. The van der Waals surface area contributed by atoms with Gasteiger partial charge in [-0.15, -0.1) is 0 Å². The van der Waals surface area contributed by atoms with Crippen molar-refractivity contribution < 1.29 is 9.53 Å². The van der Waals surface area contributed by atoms with Crippen LogP contribution in [0.3, 0.4) is 0 Å². The molecule has 0 aliphatic carbocycles. The van der Waals surface area contributed by atoms with Gasteiger partial charge in [-0.25, -0.2) is 4.98 Å². The number of H-pyrrole nitrogens is 1. The zero-order valence-corrected chi connectivity index (χ0v) is 15.7. The van der Waals surface area contributed by atoms with Gasteiger partial charge in [0.2, 0.25) is 5.91 Å². The molecule has 1 aromatic carbocycles. The van der Waals surface area contributed by atoms with Crippen LogP contribution in [0.1, 0.15) is 12.8 Å². The van der Waals surface area contributed by atoms with Gasteiger partial charge in [0.25, 0.3) is 5.56 Å². The number of amides is 1. The number of benzene rings is 1. The smallest absolute Gasteiger partial charge is 0.269 e. The van der Waals surface area contributed by atoms with Crippen LogP contribution < -0.4 is 10.3 Å². The van der Waals surface area contributed by atoms with E-state index in [9.17, 15) is 9.59 Å². The number of rotatable bonds is 5. The summed E-state index contributed by atoms with van der Waals surface area (Å²) in [7, 11) is 1.59. The van der Waals surface area contributed by atoms with Crippen molar-refractivity contribution in [2.24, 2.45) is 0 Å². The van der Waals surface area contributed by atoms with E-state index in [-0.39, 0.29) is 17.2 Å². The van der Waals surface area contributed by atoms with Crippen LogP contribution in [-0.2, 0) is 4.79 Å². The fourth-order valence-electron chi connectivity index (χ4n) is 3.11. The minimum absolute atomic E-state index is 0.0673. The maximum Gasteiger partial charge on any atom is 0.269 e. The van der Waals surface area contributed by atoms with Gasteiger partial charge in [-0.1, -0.05) is 11.8 Å². The van der Waals surface area contributed by atoms with Gasteiger partial charge < -0.3 is 9.64 Å². The number of ether oxygens (including phenoxy) is 1. The molecule has 3 aromatic rings. The van der Waals surface area contributed by atoms with E-state index in [0.717, 1.165) is 25.9 Å². The number of fused-ring (bicyclic) bond motifs is 1. The summed E-state index contributed by atoms with van der Waals surface area (Å²) in [5, 5.41) is 7.51. The molecule has 1 fully saturated rings. The molecule has 2 aromatic heterocycles. The van der Waals surface area contributed by atoms with Crippen LogP contribution in [0.2, 0.25) is 0 Å². The van der Waals surface area contributed by atoms with Gasteiger partial charge in [-0.05, 0) is 37.1 Å². The van der Waals surface area contributed by atoms with E-state index in [4.69, 9.17) is 4.74 Å². The van der Waals surface area contributed by atoms with Crippen LogP contribution in [0, 0.1) is 0 Å². The average molecular weight is 385 g/mol. The maximum atomic E-state index is 13.0. The quantitative estimate of drug-likeness (QED) is 0.532. The van der Waals surface area contributed by atoms with Gasteiger partial charge in [0.15, 0.2) is 10.8 Å². The molecule has 4 rings (SSSR count). The Morgan fingerprint density at radius 3 is 2.70 bits per heavy atom. The predicted octanol–water partition coefficient (Wildman–Crippen LogP) is 1.83. The highest BCUT2D eigenvalue weighted by Gasteiger charge is 2.20.